The lowest BCUT2D eigenvalue weighted by atomic mass is 10.1. The van der Waals surface area contributed by atoms with Crippen LogP contribution in [-0.2, 0) is 6.42 Å². The first-order valence-electron chi connectivity index (χ1n) is 8.87. The van der Waals surface area contributed by atoms with Crippen LogP contribution in [0.15, 0.2) is 34.9 Å². The van der Waals surface area contributed by atoms with Gasteiger partial charge in [0.05, 0.1) is 6.04 Å². The fourth-order valence-electron chi connectivity index (χ4n) is 2.56. The molecule has 1 amide bonds. The molecule has 1 aromatic heterocycles. The minimum absolute atomic E-state index is 0.210. The molecule has 0 aliphatic heterocycles. The molecule has 25 heavy (non-hydrogen) atoms. The number of hydrogen-bond acceptors (Lipinski definition) is 5. The topological polar surface area (TPSA) is 101 Å². The number of phenols is 1. The molecule has 4 N–H and O–H groups in total. The number of nitrogens with two attached hydrogens (primary N) is 1. The first kappa shape index (κ1) is 19.0. The average molecular weight is 345 g/mol. The number of aromatic nitrogens is 1. The minimum atomic E-state index is -0.444. The van der Waals surface area contributed by atoms with Gasteiger partial charge in [0, 0.05) is 6.54 Å². The molecule has 0 bridgehead atoms. The molecule has 1 aromatic carbocycles. The van der Waals surface area contributed by atoms with E-state index in [0.29, 0.717) is 18.9 Å². The Balaban J connectivity index is 1.79. The molecule has 136 valence electrons. The van der Waals surface area contributed by atoms with Crippen molar-refractivity contribution in [2.45, 2.75) is 51.5 Å². The first-order valence-corrected chi connectivity index (χ1v) is 8.87. The molecule has 0 aliphatic carbocycles. The van der Waals surface area contributed by atoms with E-state index >= 15 is 0 Å². The molecule has 6 nitrogen and oxygen atoms in total. The number of unbranched alkanes of at least 4 members (excludes halogenated alkanes) is 4. The molecule has 0 aliphatic rings. The van der Waals surface area contributed by atoms with E-state index in [9.17, 15) is 9.90 Å². The molecular weight excluding hydrogens is 318 g/mol. The second-order valence-corrected chi connectivity index (χ2v) is 6.22. The van der Waals surface area contributed by atoms with Crippen molar-refractivity contribution in [2.75, 3.05) is 6.54 Å². The van der Waals surface area contributed by atoms with Crippen LogP contribution in [0.2, 0.25) is 0 Å². The lowest BCUT2D eigenvalue weighted by Gasteiger charge is -2.07. The van der Waals surface area contributed by atoms with E-state index in [-0.39, 0.29) is 17.4 Å². The van der Waals surface area contributed by atoms with Gasteiger partial charge < -0.3 is 20.6 Å². The zero-order chi connectivity index (χ0) is 18.1. The Morgan fingerprint density at radius 3 is 2.68 bits per heavy atom. The quantitative estimate of drug-likeness (QED) is 0.573. The van der Waals surface area contributed by atoms with Gasteiger partial charge in [-0.25, -0.2) is 4.98 Å². The lowest BCUT2D eigenvalue weighted by molar-refractivity contribution is 0.0948. The summed E-state index contributed by atoms with van der Waals surface area (Å²) in [6, 6.07) is 6.36. The van der Waals surface area contributed by atoms with Gasteiger partial charge >= 0.3 is 0 Å². The molecule has 2 aromatic rings. The molecule has 0 saturated carbocycles. The maximum atomic E-state index is 12.1. The van der Waals surface area contributed by atoms with E-state index in [1.165, 1.54) is 25.5 Å². The Labute approximate surface area is 148 Å². The van der Waals surface area contributed by atoms with Gasteiger partial charge in [0.2, 0.25) is 5.89 Å². The van der Waals surface area contributed by atoms with Crippen molar-refractivity contribution in [1.82, 2.24) is 10.3 Å². The predicted molar refractivity (Wildman–Crippen MR) is 96.3 cm³/mol. The summed E-state index contributed by atoms with van der Waals surface area (Å²) in [4.78, 5) is 16.3. The normalized spacial score (nSPS) is 12.1. The smallest absolute Gasteiger partial charge is 0.273 e. The molecule has 0 radical (unpaired) electrons. The second kappa shape index (κ2) is 9.84. The number of nitrogens with one attached hydrogen (secondary N) is 1. The van der Waals surface area contributed by atoms with Crippen molar-refractivity contribution in [3.05, 3.63) is 47.7 Å². The van der Waals surface area contributed by atoms with Crippen LogP contribution in [0.1, 0.15) is 67.0 Å². The first-order chi connectivity index (χ1) is 12.1. The molecule has 0 spiro atoms. The molecule has 0 saturated heterocycles. The maximum absolute atomic E-state index is 12.1. The fourth-order valence-corrected chi connectivity index (χ4v) is 2.56. The summed E-state index contributed by atoms with van der Waals surface area (Å²) in [6.45, 7) is 2.82. The van der Waals surface area contributed by atoms with E-state index in [4.69, 9.17) is 10.2 Å². The predicted octanol–water partition coefficient (Wildman–Crippen LogP) is 3.32. The van der Waals surface area contributed by atoms with Crippen LogP contribution in [0.5, 0.6) is 5.75 Å². The highest BCUT2D eigenvalue weighted by Crippen LogP contribution is 2.18. The summed E-state index contributed by atoms with van der Waals surface area (Å²) in [5.74, 6) is 0.311. The van der Waals surface area contributed by atoms with Crippen molar-refractivity contribution in [1.29, 1.82) is 0 Å². The van der Waals surface area contributed by atoms with E-state index in [1.807, 2.05) is 0 Å². The van der Waals surface area contributed by atoms with Crippen molar-refractivity contribution >= 4 is 5.91 Å². The van der Waals surface area contributed by atoms with E-state index < -0.39 is 6.04 Å². The van der Waals surface area contributed by atoms with Crippen molar-refractivity contribution in [3.8, 4) is 5.75 Å². The van der Waals surface area contributed by atoms with Gasteiger partial charge in [0.25, 0.3) is 5.91 Å². The SMILES string of the molecule is CCCCCCCNC(=O)c1coc(C(N)Cc2ccc(O)cc2)n1. The molecule has 1 unspecified atom stereocenters. The molecule has 1 heterocycles. The second-order valence-electron chi connectivity index (χ2n) is 6.22. The van der Waals surface area contributed by atoms with E-state index in [2.05, 4.69) is 17.2 Å². The number of nitrogens with zero attached hydrogens (tertiary/aromatic N) is 1. The Morgan fingerprint density at radius 2 is 1.96 bits per heavy atom. The number of oxazole rings is 1. The zero-order valence-electron chi connectivity index (χ0n) is 14.7. The molecule has 2 rings (SSSR count). The number of carbonyl (C=O) groups excluding carboxylic acids is 1. The number of amides is 1. The Bertz CT molecular complexity index is 652. The number of benzene rings is 1. The van der Waals surface area contributed by atoms with Gasteiger partial charge in [-0.15, -0.1) is 0 Å². The van der Waals surface area contributed by atoms with Crippen molar-refractivity contribution in [3.63, 3.8) is 0 Å². The van der Waals surface area contributed by atoms with Crippen molar-refractivity contribution < 1.29 is 14.3 Å². The summed E-state index contributed by atoms with van der Waals surface area (Å²) >= 11 is 0. The van der Waals surface area contributed by atoms with Crippen LogP contribution in [0.4, 0.5) is 0 Å². The third-order valence-corrected chi connectivity index (χ3v) is 4.03. The zero-order valence-corrected chi connectivity index (χ0v) is 14.7. The van der Waals surface area contributed by atoms with Gasteiger partial charge in [-0.05, 0) is 30.5 Å². The Hall–Kier alpha value is -2.34. The maximum Gasteiger partial charge on any atom is 0.273 e. The minimum Gasteiger partial charge on any atom is -0.508 e. The van der Waals surface area contributed by atoms with Gasteiger partial charge in [-0.3, -0.25) is 4.79 Å². The number of phenolic OH excluding ortho intramolecular Hbond substituents is 1. The number of aromatic hydroxyl groups is 1. The third kappa shape index (κ3) is 6.23. The summed E-state index contributed by atoms with van der Waals surface area (Å²) < 4.78 is 5.36. The summed E-state index contributed by atoms with van der Waals surface area (Å²) in [5.41, 5.74) is 7.31. The van der Waals surface area contributed by atoms with Crippen molar-refractivity contribution in [2.24, 2.45) is 5.73 Å². The number of rotatable bonds is 10. The summed E-state index contributed by atoms with van der Waals surface area (Å²) in [5, 5.41) is 12.2. The number of carbonyl (C=O) groups is 1. The molecule has 6 heteroatoms. The highest BCUT2D eigenvalue weighted by atomic mass is 16.3. The van der Waals surface area contributed by atoms with Gasteiger partial charge in [0.1, 0.15) is 12.0 Å². The molecule has 0 fully saturated rings. The van der Waals surface area contributed by atoms with Gasteiger partial charge in [0.15, 0.2) is 5.69 Å². The summed E-state index contributed by atoms with van der Waals surface area (Å²) in [7, 11) is 0. The summed E-state index contributed by atoms with van der Waals surface area (Å²) in [6.07, 6.45) is 7.59. The van der Waals surface area contributed by atoms with E-state index in [0.717, 1.165) is 18.4 Å². The monoisotopic (exact) mass is 345 g/mol. The number of hydrogen-bond donors (Lipinski definition) is 3. The average Bonchev–Trinajstić information content (AvgIpc) is 3.10. The van der Waals surface area contributed by atoms with Crippen LogP contribution in [0, 0.1) is 0 Å². The fraction of sp³-hybridized carbons (Fsp3) is 0.474. The van der Waals surface area contributed by atoms with Crippen LogP contribution in [0.25, 0.3) is 0 Å². The largest absolute Gasteiger partial charge is 0.508 e. The highest BCUT2D eigenvalue weighted by molar-refractivity contribution is 5.91. The highest BCUT2D eigenvalue weighted by Gasteiger charge is 2.17. The Morgan fingerprint density at radius 1 is 1.24 bits per heavy atom. The van der Waals surface area contributed by atoms with Crippen LogP contribution < -0.4 is 11.1 Å². The van der Waals surface area contributed by atoms with Gasteiger partial charge in [-0.2, -0.15) is 0 Å². The standard InChI is InChI=1S/C19H27N3O3/c1-2-3-4-5-6-11-21-18(24)17-13-25-19(22-17)16(20)12-14-7-9-15(23)10-8-14/h7-10,13,16,23H,2-6,11-12,20H2,1H3,(H,21,24). The third-order valence-electron chi connectivity index (χ3n) is 4.03. The molecular formula is C19H27N3O3. The van der Waals surface area contributed by atoms with E-state index in [1.54, 1.807) is 24.3 Å². The molecule has 1 atom stereocenters. The lowest BCUT2D eigenvalue weighted by Crippen LogP contribution is -2.25. The van der Waals surface area contributed by atoms with Crippen LogP contribution in [-0.4, -0.2) is 22.5 Å². The Kier molecular flexibility index (Phi) is 7.47. The van der Waals surface area contributed by atoms with Crippen LogP contribution in [0.3, 0.4) is 0 Å². The van der Waals surface area contributed by atoms with Crippen LogP contribution >= 0.6 is 0 Å². The van der Waals surface area contributed by atoms with Gasteiger partial charge in [-0.1, -0.05) is 44.7 Å².